The van der Waals surface area contributed by atoms with Crippen molar-refractivity contribution in [2.75, 3.05) is 19.3 Å². The summed E-state index contributed by atoms with van der Waals surface area (Å²) in [6.07, 6.45) is 6.68. The summed E-state index contributed by atoms with van der Waals surface area (Å²) in [4.78, 5) is 0.364. The van der Waals surface area contributed by atoms with Crippen molar-refractivity contribution in [3.05, 3.63) is 23.8 Å². The molecule has 0 bridgehead atoms. The van der Waals surface area contributed by atoms with Gasteiger partial charge >= 0.3 is 0 Å². The minimum atomic E-state index is -3.45. The average molecular weight is 310 g/mol. The molecular formula is C16H26N2O2S. The molecule has 0 saturated heterocycles. The third-order valence-corrected chi connectivity index (χ3v) is 6.31. The van der Waals surface area contributed by atoms with Crippen LogP contribution in [0.5, 0.6) is 0 Å². The minimum absolute atomic E-state index is 0.364. The van der Waals surface area contributed by atoms with E-state index in [9.17, 15) is 8.42 Å². The van der Waals surface area contributed by atoms with E-state index in [-0.39, 0.29) is 0 Å². The molecule has 0 unspecified atom stereocenters. The van der Waals surface area contributed by atoms with Crippen molar-refractivity contribution >= 4 is 15.7 Å². The lowest BCUT2D eigenvalue weighted by Crippen LogP contribution is -2.33. The summed E-state index contributed by atoms with van der Waals surface area (Å²) >= 11 is 0. The van der Waals surface area contributed by atoms with E-state index < -0.39 is 10.0 Å². The maximum atomic E-state index is 12.8. The third kappa shape index (κ3) is 3.77. The summed E-state index contributed by atoms with van der Waals surface area (Å²) in [5.41, 5.74) is 7.11. The van der Waals surface area contributed by atoms with E-state index in [1.54, 1.807) is 19.2 Å². The Morgan fingerprint density at radius 1 is 1.24 bits per heavy atom. The lowest BCUT2D eigenvalue weighted by atomic mass is 9.89. The second-order valence-electron chi connectivity index (χ2n) is 6.01. The zero-order chi connectivity index (χ0) is 15.5. The van der Waals surface area contributed by atoms with Gasteiger partial charge in [-0.3, -0.25) is 0 Å². The lowest BCUT2D eigenvalue weighted by Gasteiger charge is -2.27. The Morgan fingerprint density at radius 2 is 1.90 bits per heavy atom. The van der Waals surface area contributed by atoms with Gasteiger partial charge in [0.2, 0.25) is 10.0 Å². The van der Waals surface area contributed by atoms with Crippen LogP contribution in [-0.4, -0.2) is 26.3 Å². The van der Waals surface area contributed by atoms with Crippen molar-refractivity contribution < 1.29 is 8.42 Å². The van der Waals surface area contributed by atoms with Gasteiger partial charge in [-0.2, -0.15) is 0 Å². The van der Waals surface area contributed by atoms with E-state index >= 15 is 0 Å². The number of hydrogen-bond donors (Lipinski definition) is 1. The summed E-state index contributed by atoms with van der Waals surface area (Å²) in [6.45, 7) is 2.58. The van der Waals surface area contributed by atoms with E-state index in [0.717, 1.165) is 18.4 Å². The predicted molar refractivity (Wildman–Crippen MR) is 86.6 cm³/mol. The van der Waals surface area contributed by atoms with E-state index in [1.807, 2.05) is 13.0 Å². The Kier molecular flexibility index (Phi) is 5.27. The molecule has 0 spiro atoms. The normalized spacial score (nSPS) is 17.3. The fourth-order valence-corrected chi connectivity index (χ4v) is 4.67. The van der Waals surface area contributed by atoms with Gasteiger partial charge in [0, 0.05) is 19.3 Å². The van der Waals surface area contributed by atoms with Crippen LogP contribution in [0.25, 0.3) is 0 Å². The number of nitrogens with zero attached hydrogens (tertiary/aromatic N) is 1. The molecule has 5 heteroatoms. The first-order chi connectivity index (χ1) is 9.95. The number of sulfonamides is 1. The third-order valence-electron chi connectivity index (χ3n) is 4.40. The van der Waals surface area contributed by atoms with Crippen molar-refractivity contribution in [2.24, 2.45) is 5.92 Å². The van der Waals surface area contributed by atoms with Gasteiger partial charge < -0.3 is 5.73 Å². The van der Waals surface area contributed by atoms with Gasteiger partial charge in [-0.1, -0.05) is 32.3 Å². The molecule has 2 N–H and O–H groups in total. The molecule has 1 aliphatic carbocycles. The molecule has 0 aromatic heterocycles. The first-order valence-electron chi connectivity index (χ1n) is 7.80. The zero-order valence-corrected chi connectivity index (χ0v) is 13.8. The van der Waals surface area contributed by atoms with Gasteiger partial charge in [-0.05, 0) is 42.9 Å². The van der Waals surface area contributed by atoms with Crippen LogP contribution in [0.1, 0.15) is 44.6 Å². The Bertz CT molecular complexity index is 578. The topological polar surface area (TPSA) is 63.4 Å². The van der Waals surface area contributed by atoms with E-state index in [2.05, 4.69) is 0 Å². The van der Waals surface area contributed by atoms with Crippen LogP contribution < -0.4 is 5.73 Å². The van der Waals surface area contributed by atoms with Gasteiger partial charge in [-0.25, -0.2) is 12.7 Å². The number of hydrogen-bond acceptors (Lipinski definition) is 3. The largest absolute Gasteiger partial charge is 0.399 e. The van der Waals surface area contributed by atoms with Crippen LogP contribution in [0.3, 0.4) is 0 Å². The molecule has 4 nitrogen and oxygen atoms in total. The molecule has 118 valence electrons. The van der Waals surface area contributed by atoms with Crippen molar-refractivity contribution in [1.82, 2.24) is 4.31 Å². The fourth-order valence-electron chi connectivity index (χ4n) is 3.10. The fraction of sp³-hybridized carbons (Fsp3) is 0.625. The van der Waals surface area contributed by atoms with E-state index in [0.29, 0.717) is 29.5 Å². The quantitative estimate of drug-likeness (QED) is 0.850. The number of benzene rings is 1. The smallest absolute Gasteiger partial charge is 0.243 e. The van der Waals surface area contributed by atoms with Crippen LogP contribution in [0.2, 0.25) is 0 Å². The zero-order valence-electron chi connectivity index (χ0n) is 13.0. The standard InChI is InChI=1S/C16H26N2O2S/c1-3-14-9-10-15(17)11-16(14)21(19,20)18(2)12-13-7-5-4-6-8-13/h9-11,13H,3-8,12,17H2,1-2H3. The summed E-state index contributed by atoms with van der Waals surface area (Å²) in [5, 5.41) is 0. The lowest BCUT2D eigenvalue weighted by molar-refractivity contribution is 0.300. The van der Waals surface area contributed by atoms with Gasteiger partial charge in [-0.15, -0.1) is 0 Å². The molecule has 2 rings (SSSR count). The number of nitrogen functional groups attached to an aromatic ring is 1. The monoisotopic (exact) mass is 310 g/mol. The maximum Gasteiger partial charge on any atom is 0.243 e. The number of anilines is 1. The highest BCUT2D eigenvalue weighted by Gasteiger charge is 2.26. The molecule has 1 aromatic rings. The molecule has 1 fully saturated rings. The minimum Gasteiger partial charge on any atom is -0.399 e. The van der Waals surface area contributed by atoms with Gasteiger partial charge in [0.15, 0.2) is 0 Å². The number of nitrogens with two attached hydrogens (primary N) is 1. The first-order valence-corrected chi connectivity index (χ1v) is 9.24. The molecule has 0 radical (unpaired) electrons. The Labute approximate surface area is 128 Å². The van der Waals surface area contributed by atoms with E-state index in [4.69, 9.17) is 5.73 Å². The molecule has 1 aromatic carbocycles. The van der Waals surface area contributed by atoms with Crippen LogP contribution >= 0.6 is 0 Å². The SMILES string of the molecule is CCc1ccc(N)cc1S(=O)(=O)N(C)CC1CCCCC1. The van der Waals surface area contributed by atoms with Crippen molar-refractivity contribution in [1.29, 1.82) is 0 Å². The summed E-state index contributed by atoms with van der Waals surface area (Å²) in [7, 11) is -1.76. The number of aryl methyl sites for hydroxylation is 1. The van der Waals surface area contributed by atoms with Gasteiger partial charge in [0.05, 0.1) is 4.90 Å². The molecule has 1 saturated carbocycles. The molecule has 1 aliphatic rings. The molecule has 0 aliphatic heterocycles. The summed E-state index contributed by atoms with van der Waals surface area (Å²) in [5.74, 6) is 0.490. The Balaban J connectivity index is 2.22. The van der Waals surface area contributed by atoms with Gasteiger partial charge in [0.25, 0.3) is 0 Å². The van der Waals surface area contributed by atoms with Crippen LogP contribution in [-0.2, 0) is 16.4 Å². The molecule has 21 heavy (non-hydrogen) atoms. The summed E-state index contributed by atoms with van der Waals surface area (Å²) in [6, 6.07) is 5.17. The van der Waals surface area contributed by atoms with Crippen molar-refractivity contribution in [3.8, 4) is 0 Å². The number of rotatable bonds is 5. The van der Waals surface area contributed by atoms with Crippen LogP contribution in [0.15, 0.2) is 23.1 Å². The molecular weight excluding hydrogens is 284 g/mol. The molecule has 0 heterocycles. The van der Waals surface area contributed by atoms with E-state index in [1.165, 1.54) is 23.6 Å². The van der Waals surface area contributed by atoms with Crippen LogP contribution in [0, 0.1) is 5.92 Å². The second-order valence-corrected chi connectivity index (χ2v) is 8.02. The highest BCUT2D eigenvalue weighted by atomic mass is 32.2. The average Bonchev–Trinajstić information content (AvgIpc) is 2.48. The summed E-state index contributed by atoms with van der Waals surface area (Å²) < 4.78 is 27.1. The maximum absolute atomic E-state index is 12.8. The molecule has 0 atom stereocenters. The molecule has 0 amide bonds. The highest BCUT2D eigenvalue weighted by Crippen LogP contribution is 2.27. The van der Waals surface area contributed by atoms with Crippen molar-refractivity contribution in [3.63, 3.8) is 0 Å². The predicted octanol–water partition coefficient (Wildman–Crippen LogP) is 3.03. The Hall–Kier alpha value is -1.07. The highest BCUT2D eigenvalue weighted by molar-refractivity contribution is 7.89. The van der Waals surface area contributed by atoms with Crippen molar-refractivity contribution in [2.45, 2.75) is 50.3 Å². The Morgan fingerprint density at radius 3 is 2.52 bits per heavy atom. The first kappa shape index (κ1) is 16.3. The second kappa shape index (κ2) is 6.79. The van der Waals surface area contributed by atoms with Crippen LogP contribution in [0.4, 0.5) is 5.69 Å². The van der Waals surface area contributed by atoms with Gasteiger partial charge in [0.1, 0.15) is 0 Å².